The number of carboxylic acid groups (broad SMARTS) is 1. The van der Waals surface area contributed by atoms with Crippen LogP contribution in [0.25, 0.3) is 5.57 Å². The molecular weight excluding hydrogens is 582 g/mol. The second-order valence-corrected chi connectivity index (χ2v) is 12.7. The fourth-order valence-electron chi connectivity index (χ4n) is 8.59. The first-order chi connectivity index (χ1) is 22.2. The van der Waals surface area contributed by atoms with Gasteiger partial charge in [-0.1, -0.05) is 84.4 Å². The number of Topliss-reactive ketones (excluding diaryl/α,β-unsaturated/α-hetero) is 1. The Kier molecular flexibility index (Phi) is 7.31. The lowest BCUT2D eigenvalue weighted by Gasteiger charge is -2.55. The Bertz CT molecular complexity index is 1810. The van der Waals surface area contributed by atoms with Crippen molar-refractivity contribution >= 4 is 34.9 Å². The molecule has 4 aliphatic rings. The summed E-state index contributed by atoms with van der Waals surface area (Å²) in [5.74, 6) is -5.30. The SMILES string of the molecule is O=C(O)CCCN1C(=O)[C@H]2[C@H](CC=C3[C@H]2C[C@H]2C(=O)C(c4ccccc4)=CC(=O)[C@@]2(c2ccccc2)[C@H]3c2ccc(O)cc2)C1=O. The van der Waals surface area contributed by atoms with E-state index in [0.29, 0.717) is 23.1 Å². The molecule has 0 radical (unpaired) electrons. The molecule has 0 bridgehead atoms. The molecule has 0 unspecified atom stereocenters. The lowest BCUT2D eigenvalue weighted by Crippen LogP contribution is -2.58. The molecule has 0 aromatic heterocycles. The van der Waals surface area contributed by atoms with Gasteiger partial charge < -0.3 is 10.2 Å². The standard InChI is InChI=1S/C38H33NO7/c40-25-15-13-23(14-16-25)34-26-17-18-27-33(37(46)39(36(27)45)19-7-12-32(42)43)29(26)20-30-35(44)28(22-8-3-1-4-9-22)21-31(41)38(30,34)24-10-5-2-6-11-24/h1-6,8-11,13-17,21,27,29-30,33-34,40H,7,12,18-20H2,(H,42,43)/t27-,29+,30-,33-,34-,38-/m0/s1. The number of allylic oxidation sites excluding steroid dienone is 4. The molecule has 1 saturated carbocycles. The lowest BCUT2D eigenvalue weighted by atomic mass is 9.44. The van der Waals surface area contributed by atoms with Gasteiger partial charge in [-0.25, -0.2) is 0 Å². The van der Waals surface area contributed by atoms with Crippen LogP contribution in [-0.2, 0) is 29.4 Å². The molecule has 2 amide bonds. The maximum absolute atomic E-state index is 14.9. The van der Waals surface area contributed by atoms with Gasteiger partial charge >= 0.3 is 5.97 Å². The molecule has 3 aromatic rings. The van der Waals surface area contributed by atoms with Gasteiger partial charge in [0.2, 0.25) is 11.8 Å². The topological polar surface area (TPSA) is 129 Å². The van der Waals surface area contributed by atoms with Crippen LogP contribution >= 0.6 is 0 Å². The van der Waals surface area contributed by atoms with Crippen LogP contribution in [0, 0.1) is 23.7 Å². The Morgan fingerprint density at radius 1 is 0.848 bits per heavy atom. The molecule has 8 heteroatoms. The zero-order chi connectivity index (χ0) is 32.2. The van der Waals surface area contributed by atoms with E-state index >= 15 is 0 Å². The molecule has 1 saturated heterocycles. The van der Waals surface area contributed by atoms with Crippen molar-refractivity contribution in [1.29, 1.82) is 0 Å². The summed E-state index contributed by atoms with van der Waals surface area (Å²) in [7, 11) is 0. The van der Waals surface area contributed by atoms with Gasteiger partial charge in [0.25, 0.3) is 0 Å². The zero-order valence-corrected chi connectivity index (χ0v) is 25.0. The molecule has 1 aliphatic heterocycles. The smallest absolute Gasteiger partial charge is 0.303 e. The highest BCUT2D eigenvalue weighted by molar-refractivity contribution is 6.31. The Labute approximate surface area is 266 Å². The van der Waals surface area contributed by atoms with E-state index in [1.165, 1.54) is 11.0 Å². The van der Waals surface area contributed by atoms with Crippen LogP contribution in [0.4, 0.5) is 0 Å². The summed E-state index contributed by atoms with van der Waals surface area (Å²) in [6.45, 7) is 0.0239. The fraction of sp³-hybridized carbons (Fsp3) is 0.289. The Hall–Kier alpha value is -5.11. The number of amides is 2. The van der Waals surface area contributed by atoms with E-state index < -0.39 is 41.0 Å². The van der Waals surface area contributed by atoms with Gasteiger partial charge in [-0.3, -0.25) is 28.9 Å². The summed E-state index contributed by atoms with van der Waals surface area (Å²) >= 11 is 0. The van der Waals surface area contributed by atoms with E-state index in [4.69, 9.17) is 5.11 Å². The summed E-state index contributed by atoms with van der Waals surface area (Å²) in [6.07, 6.45) is 3.97. The van der Waals surface area contributed by atoms with E-state index in [1.807, 2.05) is 66.7 Å². The molecule has 0 spiro atoms. The molecule has 2 N–H and O–H groups in total. The molecule has 232 valence electrons. The number of phenols is 1. The number of nitrogens with zero attached hydrogens (tertiary/aromatic N) is 1. The Morgan fingerprint density at radius 2 is 1.52 bits per heavy atom. The number of ketones is 2. The molecule has 3 aliphatic carbocycles. The number of imide groups is 1. The van der Waals surface area contributed by atoms with Crippen LogP contribution < -0.4 is 0 Å². The number of likely N-dealkylation sites (tertiary alicyclic amines) is 1. The normalized spacial score (nSPS) is 28.6. The Balaban J connectivity index is 1.42. The molecule has 3 aromatic carbocycles. The van der Waals surface area contributed by atoms with Crippen molar-refractivity contribution in [2.45, 2.75) is 37.0 Å². The lowest BCUT2D eigenvalue weighted by molar-refractivity contribution is -0.142. The third kappa shape index (κ3) is 4.46. The number of hydrogen-bond acceptors (Lipinski definition) is 6. The van der Waals surface area contributed by atoms with Gasteiger partial charge in [0.05, 0.1) is 17.3 Å². The molecule has 46 heavy (non-hydrogen) atoms. The molecular formula is C38H33NO7. The number of carboxylic acids is 1. The van der Waals surface area contributed by atoms with Gasteiger partial charge in [0.15, 0.2) is 11.6 Å². The average Bonchev–Trinajstić information content (AvgIpc) is 3.31. The maximum Gasteiger partial charge on any atom is 0.303 e. The monoisotopic (exact) mass is 615 g/mol. The second-order valence-electron chi connectivity index (χ2n) is 12.7. The number of carbonyl (C=O) groups is 5. The minimum Gasteiger partial charge on any atom is -0.508 e. The van der Waals surface area contributed by atoms with E-state index in [0.717, 1.165) is 11.1 Å². The van der Waals surface area contributed by atoms with E-state index in [9.17, 15) is 29.1 Å². The number of aliphatic carboxylic acids is 1. The van der Waals surface area contributed by atoms with E-state index in [2.05, 4.69) is 0 Å². The summed E-state index contributed by atoms with van der Waals surface area (Å²) in [6, 6.07) is 25.1. The van der Waals surface area contributed by atoms with Crippen LogP contribution in [0.2, 0.25) is 0 Å². The predicted octanol–water partition coefficient (Wildman–Crippen LogP) is 5.08. The number of carbonyl (C=O) groups excluding carboxylic acids is 4. The number of phenolic OH excluding ortho intramolecular Hbond substituents is 1. The summed E-state index contributed by atoms with van der Waals surface area (Å²) in [4.78, 5) is 69.7. The first-order valence-corrected chi connectivity index (χ1v) is 15.7. The van der Waals surface area contributed by atoms with Gasteiger partial charge in [-0.2, -0.15) is 0 Å². The summed E-state index contributed by atoms with van der Waals surface area (Å²) in [5.41, 5.74) is 1.92. The van der Waals surface area contributed by atoms with Gasteiger partial charge in [-0.15, -0.1) is 0 Å². The molecule has 6 atom stereocenters. The number of aromatic hydroxyl groups is 1. The highest BCUT2D eigenvalue weighted by Gasteiger charge is 2.65. The number of hydrogen-bond donors (Lipinski definition) is 2. The number of fused-ring (bicyclic) bond motifs is 4. The van der Waals surface area contributed by atoms with Crippen molar-refractivity contribution in [2.75, 3.05) is 6.54 Å². The zero-order valence-electron chi connectivity index (χ0n) is 25.0. The van der Waals surface area contributed by atoms with Crippen molar-refractivity contribution in [1.82, 2.24) is 4.90 Å². The van der Waals surface area contributed by atoms with Crippen LogP contribution in [0.3, 0.4) is 0 Å². The first kappa shape index (κ1) is 29.6. The summed E-state index contributed by atoms with van der Waals surface area (Å²) in [5, 5.41) is 19.3. The quantitative estimate of drug-likeness (QED) is 0.280. The minimum absolute atomic E-state index is 0.0239. The predicted molar refractivity (Wildman–Crippen MR) is 168 cm³/mol. The highest BCUT2D eigenvalue weighted by atomic mass is 16.4. The van der Waals surface area contributed by atoms with Crippen LogP contribution in [0.1, 0.15) is 48.3 Å². The minimum atomic E-state index is -1.32. The molecule has 2 fully saturated rings. The van der Waals surface area contributed by atoms with Gasteiger partial charge in [0.1, 0.15) is 5.75 Å². The van der Waals surface area contributed by atoms with Crippen molar-refractivity contribution in [3.63, 3.8) is 0 Å². The van der Waals surface area contributed by atoms with Crippen LogP contribution in [-0.4, -0.2) is 51.0 Å². The van der Waals surface area contributed by atoms with Crippen molar-refractivity contribution < 1.29 is 34.2 Å². The number of benzene rings is 3. The Morgan fingerprint density at radius 3 is 2.20 bits per heavy atom. The second kappa shape index (κ2) is 11.4. The maximum atomic E-state index is 14.9. The fourth-order valence-corrected chi connectivity index (χ4v) is 8.59. The molecule has 8 nitrogen and oxygen atoms in total. The molecule has 7 rings (SSSR count). The number of rotatable bonds is 7. The average molecular weight is 616 g/mol. The van der Waals surface area contributed by atoms with Crippen molar-refractivity contribution in [2.24, 2.45) is 23.7 Å². The first-order valence-electron chi connectivity index (χ1n) is 15.7. The summed E-state index contributed by atoms with van der Waals surface area (Å²) < 4.78 is 0. The molecule has 1 heterocycles. The van der Waals surface area contributed by atoms with Crippen LogP contribution in [0.5, 0.6) is 5.75 Å². The third-order valence-electron chi connectivity index (χ3n) is 10.5. The van der Waals surface area contributed by atoms with E-state index in [-0.39, 0.29) is 54.9 Å². The van der Waals surface area contributed by atoms with Gasteiger partial charge in [-0.05, 0) is 60.1 Å². The van der Waals surface area contributed by atoms with E-state index in [1.54, 1.807) is 24.3 Å². The van der Waals surface area contributed by atoms with Crippen molar-refractivity contribution in [3.8, 4) is 5.75 Å². The third-order valence-corrected chi connectivity index (χ3v) is 10.5. The highest BCUT2D eigenvalue weighted by Crippen LogP contribution is 2.63. The van der Waals surface area contributed by atoms with Crippen molar-refractivity contribution in [3.05, 3.63) is 119 Å². The largest absolute Gasteiger partial charge is 0.508 e. The van der Waals surface area contributed by atoms with Crippen LogP contribution in [0.15, 0.2) is 103 Å². The van der Waals surface area contributed by atoms with Gasteiger partial charge in [0, 0.05) is 30.4 Å².